The molecule has 0 heterocycles. The lowest BCUT2D eigenvalue weighted by atomic mass is 9.83. The van der Waals surface area contributed by atoms with Gasteiger partial charge < -0.3 is 11.1 Å². The Balaban J connectivity index is 2.12. The number of rotatable bonds is 5. The van der Waals surface area contributed by atoms with Gasteiger partial charge in [-0.1, -0.05) is 26.2 Å². The van der Waals surface area contributed by atoms with Gasteiger partial charge >= 0.3 is 0 Å². The van der Waals surface area contributed by atoms with Crippen molar-refractivity contribution in [1.82, 2.24) is 0 Å². The van der Waals surface area contributed by atoms with E-state index in [1.54, 1.807) is 12.1 Å². The van der Waals surface area contributed by atoms with Gasteiger partial charge in [-0.05, 0) is 31.2 Å². The predicted molar refractivity (Wildman–Crippen MR) is 81.8 cm³/mol. The summed E-state index contributed by atoms with van der Waals surface area (Å²) in [5.41, 5.74) is 6.98. The Hall–Kier alpha value is -1.78. The standard InChI is InChI=1S/C15H23N3O2/c1-2-15(11-6-4-3-5-7-11)17-13-8-12(16)9-14(10-13)18(19)20/h8-11,15,17H,2-7,16H2,1H3. The fourth-order valence-electron chi connectivity index (χ4n) is 3.13. The van der Waals surface area contributed by atoms with Crippen LogP contribution < -0.4 is 11.1 Å². The molecule has 5 heteroatoms. The first kappa shape index (κ1) is 14.6. The largest absolute Gasteiger partial charge is 0.398 e. The molecule has 1 atom stereocenters. The first-order valence-electron chi connectivity index (χ1n) is 7.41. The maximum absolute atomic E-state index is 10.9. The van der Waals surface area contributed by atoms with Gasteiger partial charge in [0.25, 0.3) is 5.69 Å². The normalized spacial score (nSPS) is 17.6. The van der Waals surface area contributed by atoms with E-state index in [4.69, 9.17) is 5.73 Å². The molecule has 2 rings (SSSR count). The summed E-state index contributed by atoms with van der Waals surface area (Å²) in [5.74, 6) is 0.661. The SMILES string of the molecule is CCC(Nc1cc(N)cc([N+](=O)[O-])c1)C1CCCCC1. The second-order valence-corrected chi connectivity index (χ2v) is 5.63. The second kappa shape index (κ2) is 6.59. The van der Waals surface area contributed by atoms with Crippen molar-refractivity contribution in [3.05, 3.63) is 28.3 Å². The number of nitrogens with two attached hydrogens (primary N) is 1. The summed E-state index contributed by atoms with van der Waals surface area (Å²) in [5, 5.41) is 14.3. The average molecular weight is 277 g/mol. The quantitative estimate of drug-likeness (QED) is 0.485. The summed E-state index contributed by atoms with van der Waals surface area (Å²) in [7, 11) is 0. The fraction of sp³-hybridized carbons (Fsp3) is 0.600. The number of nitrogens with one attached hydrogen (secondary N) is 1. The van der Waals surface area contributed by atoms with Crippen molar-refractivity contribution in [2.24, 2.45) is 5.92 Å². The minimum atomic E-state index is -0.400. The van der Waals surface area contributed by atoms with Crippen LogP contribution in [-0.4, -0.2) is 11.0 Å². The second-order valence-electron chi connectivity index (χ2n) is 5.63. The molecule has 0 aromatic heterocycles. The molecule has 110 valence electrons. The Labute approximate surface area is 119 Å². The molecule has 0 spiro atoms. The molecule has 0 saturated heterocycles. The number of hydrogen-bond donors (Lipinski definition) is 2. The number of nitro benzene ring substituents is 1. The van der Waals surface area contributed by atoms with Gasteiger partial charge in [0.15, 0.2) is 0 Å². The maximum Gasteiger partial charge on any atom is 0.273 e. The Morgan fingerprint density at radius 3 is 2.65 bits per heavy atom. The highest BCUT2D eigenvalue weighted by atomic mass is 16.6. The van der Waals surface area contributed by atoms with Crippen LogP contribution in [0.4, 0.5) is 17.1 Å². The van der Waals surface area contributed by atoms with Crippen molar-refractivity contribution in [2.75, 3.05) is 11.1 Å². The van der Waals surface area contributed by atoms with E-state index in [0.717, 1.165) is 12.1 Å². The van der Waals surface area contributed by atoms with Gasteiger partial charge in [-0.15, -0.1) is 0 Å². The molecule has 1 unspecified atom stereocenters. The average Bonchev–Trinajstić information content (AvgIpc) is 2.45. The Bertz CT molecular complexity index is 470. The summed E-state index contributed by atoms with van der Waals surface area (Å²) in [6.07, 6.45) is 7.43. The number of benzene rings is 1. The van der Waals surface area contributed by atoms with E-state index in [1.165, 1.54) is 38.2 Å². The van der Waals surface area contributed by atoms with E-state index in [-0.39, 0.29) is 5.69 Å². The zero-order valence-corrected chi connectivity index (χ0v) is 12.0. The molecular formula is C15H23N3O2. The monoisotopic (exact) mass is 277 g/mol. The molecule has 5 nitrogen and oxygen atoms in total. The van der Waals surface area contributed by atoms with Crippen molar-refractivity contribution >= 4 is 17.1 Å². The van der Waals surface area contributed by atoms with E-state index in [0.29, 0.717) is 17.6 Å². The van der Waals surface area contributed by atoms with Gasteiger partial charge in [0.2, 0.25) is 0 Å². The lowest BCUT2D eigenvalue weighted by Crippen LogP contribution is -2.30. The zero-order valence-electron chi connectivity index (χ0n) is 12.0. The van der Waals surface area contributed by atoms with E-state index in [2.05, 4.69) is 12.2 Å². The molecular weight excluding hydrogens is 254 g/mol. The van der Waals surface area contributed by atoms with E-state index >= 15 is 0 Å². The van der Waals surface area contributed by atoms with Crippen LogP contribution in [0.15, 0.2) is 18.2 Å². The Morgan fingerprint density at radius 1 is 1.35 bits per heavy atom. The van der Waals surface area contributed by atoms with Crippen molar-refractivity contribution in [1.29, 1.82) is 0 Å². The van der Waals surface area contributed by atoms with Crippen molar-refractivity contribution in [2.45, 2.75) is 51.5 Å². The highest BCUT2D eigenvalue weighted by Gasteiger charge is 2.22. The van der Waals surface area contributed by atoms with Crippen LogP contribution in [-0.2, 0) is 0 Å². The summed E-state index contributed by atoms with van der Waals surface area (Å²) in [4.78, 5) is 10.5. The van der Waals surface area contributed by atoms with Gasteiger partial charge in [0, 0.05) is 29.5 Å². The molecule has 0 radical (unpaired) electrons. The summed E-state index contributed by atoms with van der Waals surface area (Å²) < 4.78 is 0. The smallest absolute Gasteiger partial charge is 0.273 e. The molecule has 1 aliphatic rings. The van der Waals surface area contributed by atoms with Crippen LogP contribution in [0.1, 0.15) is 45.4 Å². The Morgan fingerprint density at radius 2 is 2.05 bits per heavy atom. The highest BCUT2D eigenvalue weighted by molar-refractivity contribution is 5.61. The Kier molecular flexibility index (Phi) is 4.82. The van der Waals surface area contributed by atoms with Crippen LogP contribution >= 0.6 is 0 Å². The number of hydrogen-bond acceptors (Lipinski definition) is 4. The number of anilines is 2. The molecule has 3 N–H and O–H groups in total. The number of nitrogen functional groups attached to an aromatic ring is 1. The van der Waals surface area contributed by atoms with Gasteiger partial charge in [0.05, 0.1) is 4.92 Å². The van der Waals surface area contributed by atoms with Gasteiger partial charge in [-0.2, -0.15) is 0 Å². The van der Waals surface area contributed by atoms with E-state index in [1.807, 2.05) is 0 Å². The third-order valence-electron chi connectivity index (χ3n) is 4.16. The van der Waals surface area contributed by atoms with Crippen molar-refractivity contribution < 1.29 is 4.92 Å². The first-order valence-corrected chi connectivity index (χ1v) is 7.41. The minimum Gasteiger partial charge on any atom is -0.398 e. The number of nitrogens with zero attached hydrogens (tertiary/aromatic N) is 1. The van der Waals surface area contributed by atoms with Crippen LogP contribution in [0.25, 0.3) is 0 Å². The minimum absolute atomic E-state index is 0.0472. The summed E-state index contributed by atoms with van der Waals surface area (Å²) in [6.45, 7) is 2.16. The van der Waals surface area contributed by atoms with Crippen LogP contribution in [0.2, 0.25) is 0 Å². The first-order chi connectivity index (χ1) is 9.60. The van der Waals surface area contributed by atoms with Crippen LogP contribution in [0.3, 0.4) is 0 Å². The molecule has 1 aromatic rings. The van der Waals surface area contributed by atoms with Crippen LogP contribution in [0.5, 0.6) is 0 Å². The topological polar surface area (TPSA) is 81.2 Å². The van der Waals surface area contributed by atoms with Gasteiger partial charge in [-0.25, -0.2) is 0 Å². The van der Waals surface area contributed by atoms with Gasteiger partial charge in [0.1, 0.15) is 0 Å². The predicted octanol–water partition coefficient (Wildman–Crippen LogP) is 3.95. The number of non-ortho nitro benzene ring substituents is 1. The third kappa shape index (κ3) is 3.62. The molecule has 0 amide bonds. The van der Waals surface area contributed by atoms with E-state index < -0.39 is 4.92 Å². The zero-order chi connectivity index (χ0) is 14.5. The number of nitro groups is 1. The molecule has 1 aromatic carbocycles. The lowest BCUT2D eigenvalue weighted by Gasteiger charge is -2.31. The molecule has 20 heavy (non-hydrogen) atoms. The maximum atomic E-state index is 10.9. The highest BCUT2D eigenvalue weighted by Crippen LogP contribution is 2.31. The van der Waals surface area contributed by atoms with Crippen molar-refractivity contribution in [3.63, 3.8) is 0 Å². The third-order valence-corrected chi connectivity index (χ3v) is 4.16. The molecule has 0 aliphatic heterocycles. The van der Waals surface area contributed by atoms with Gasteiger partial charge in [-0.3, -0.25) is 10.1 Å². The fourth-order valence-corrected chi connectivity index (χ4v) is 3.13. The molecule has 1 saturated carbocycles. The lowest BCUT2D eigenvalue weighted by molar-refractivity contribution is -0.384. The molecule has 1 fully saturated rings. The van der Waals surface area contributed by atoms with E-state index in [9.17, 15) is 10.1 Å². The molecule has 0 bridgehead atoms. The van der Waals surface area contributed by atoms with Crippen LogP contribution in [0, 0.1) is 16.0 Å². The van der Waals surface area contributed by atoms with Crippen molar-refractivity contribution in [3.8, 4) is 0 Å². The summed E-state index contributed by atoms with van der Waals surface area (Å²) in [6, 6.07) is 5.12. The molecule has 1 aliphatic carbocycles. The summed E-state index contributed by atoms with van der Waals surface area (Å²) >= 11 is 0.